The summed E-state index contributed by atoms with van der Waals surface area (Å²) in [5.74, 6) is 2.11. The second-order valence-corrected chi connectivity index (χ2v) is 7.93. The monoisotopic (exact) mass is 424 g/mol. The van der Waals surface area contributed by atoms with Crippen molar-refractivity contribution in [2.75, 3.05) is 26.8 Å². The van der Waals surface area contributed by atoms with Gasteiger partial charge in [-0.2, -0.15) is 0 Å². The molecule has 0 aliphatic carbocycles. The average molecular weight is 425 g/mol. The molecule has 2 aromatic rings. The number of methoxy groups -OCH3 is 1. The van der Waals surface area contributed by atoms with E-state index >= 15 is 0 Å². The van der Waals surface area contributed by atoms with Gasteiger partial charge in [-0.3, -0.25) is 9.59 Å². The maximum absolute atomic E-state index is 12.5. The molecule has 6 nitrogen and oxygen atoms in total. The molecule has 1 atom stereocenters. The van der Waals surface area contributed by atoms with Gasteiger partial charge in [-0.05, 0) is 55.0 Å². The number of rotatable bonds is 10. The standard InChI is InChI=1S/C25H32N2O4/c1-30-23-11-5-7-21(17-23)18-26-24(28)13-12-20-8-6-15-27(19-20)25(29)14-16-31-22-9-3-2-4-10-22/h2-5,7,9-11,17,20H,6,8,12-16,18-19H2,1H3,(H,26,28). The van der Waals surface area contributed by atoms with E-state index in [2.05, 4.69) is 5.32 Å². The van der Waals surface area contributed by atoms with Crippen LogP contribution in [0.5, 0.6) is 11.5 Å². The Morgan fingerprint density at radius 3 is 2.68 bits per heavy atom. The molecule has 166 valence electrons. The quantitative estimate of drug-likeness (QED) is 0.630. The molecule has 1 saturated heterocycles. The van der Waals surface area contributed by atoms with Crippen LogP contribution >= 0.6 is 0 Å². The van der Waals surface area contributed by atoms with Crippen LogP contribution in [0.1, 0.15) is 37.7 Å². The number of nitrogens with one attached hydrogen (secondary N) is 1. The fraction of sp³-hybridized carbons (Fsp3) is 0.440. The number of piperidine rings is 1. The van der Waals surface area contributed by atoms with Crippen LogP contribution in [0.15, 0.2) is 54.6 Å². The first-order valence-electron chi connectivity index (χ1n) is 11.0. The van der Waals surface area contributed by atoms with Gasteiger partial charge in [0.15, 0.2) is 0 Å². The van der Waals surface area contributed by atoms with Crippen LogP contribution in [0.4, 0.5) is 0 Å². The van der Waals surface area contributed by atoms with Crippen LogP contribution in [-0.2, 0) is 16.1 Å². The largest absolute Gasteiger partial charge is 0.497 e. The molecular weight excluding hydrogens is 392 g/mol. The zero-order chi connectivity index (χ0) is 21.9. The molecule has 2 aromatic carbocycles. The van der Waals surface area contributed by atoms with E-state index in [-0.39, 0.29) is 11.8 Å². The third-order valence-corrected chi connectivity index (χ3v) is 5.60. The van der Waals surface area contributed by atoms with Gasteiger partial charge < -0.3 is 19.7 Å². The predicted molar refractivity (Wildman–Crippen MR) is 120 cm³/mol. The summed E-state index contributed by atoms with van der Waals surface area (Å²) >= 11 is 0. The first-order valence-corrected chi connectivity index (χ1v) is 11.0. The van der Waals surface area contributed by atoms with Gasteiger partial charge >= 0.3 is 0 Å². The summed E-state index contributed by atoms with van der Waals surface area (Å²) in [6.45, 7) is 2.40. The van der Waals surface area contributed by atoms with Gasteiger partial charge in [0.25, 0.3) is 0 Å². The number of carbonyl (C=O) groups is 2. The smallest absolute Gasteiger partial charge is 0.226 e. The minimum absolute atomic E-state index is 0.0440. The molecule has 1 N–H and O–H groups in total. The summed E-state index contributed by atoms with van der Waals surface area (Å²) in [5, 5.41) is 2.98. The molecule has 0 bridgehead atoms. The molecule has 1 unspecified atom stereocenters. The fourth-order valence-corrected chi connectivity index (χ4v) is 3.86. The molecule has 31 heavy (non-hydrogen) atoms. The van der Waals surface area contributed by atoms with Gasteiger partial charge in [-0.15, -0.1) is 0 Å². The van der Waals surface area contributed by atoms with Crippen LogP contribution in [0.3, 0.4) is 0 Å². The minimum atomic E-state index is 0.0440. The van der Waals surface area contributed by atoms with Crippen molar-refractivity contribution in [3.8, 4) is 11.5 Å². The molecule has 1 aliphatic rings. The molecule has 2 amide bonds. The molecule has 0 spiro atoms. The summed E-state index contributed by atoms with van der Waals surface area (Å²) in [6, 6.07) is 17.2. The number of nitrogens with zero attached hydrogens (tertiary/aromatic N) is 1. The molecule has 1 aliphatic heterocycles. The average Bonchev–Trinajstić information content (AvgIpc) is 2.82. The third kappa shape index (κ3) is 7.63. The Hall–Kier alpha value is -3.02. The van der Waals surface area contributed by atoms with Crippen LogP contribution in [0, 0.1) is 5.92 Å². The molecule has 1 heterocycles. The van der Waals surface area contributed by atoms with Crippen molar-refractivity contribution >= 4 is 11.8 Å². The lowest BCUT2D eigenvalue weighted by Gasteiger charge is -2.33. The Morgan fingerprint density at radius 2 is 1.87 bits per heavy atom. The van der Waals surface area contributed by atoms with Crippen molar-refractivity contribution < 1.29 is 19.1 Å². The molecule has 3 rings (SSSR count). The highest BCUT2D eigenvalue weighted by atomic mass is 16.5. The van der Waals surface area contributed by atoms with E-state index in [1.165, 1.54) is 0 Å². The zero-order valence-corrected chi connectivity index (χ0v) is 18.2. The molecule has 1 fully saturated rings. The number of para-hydroxylation sites is 1. The SMILES string of the molecule is COc1cccc(CNC(=O)CCC2CCCN(C(=O)CCOc3ccccc3)C2)c1. The number of amides is 2. The first-order chi connectivity index (χ1) is 15.1. The van der Waals surface area contributed by atoms with Crippen molar-refractivity contribution in [1.82, 2.24) is 10.2 Å². The molecule has 0 aromatic heterocycles. The highest BCUT2D eigenvalue weighted by molar-refractivity contribution is 5.77. The number of carbonyl (C=O) groups excluding carboxylic acids is 2. The van der Waals surface area contributed by atoms with E-state index in [1.54, 1.807) is 7.11 Å². The maximum atomic E-state index is 12.5. The summed E-state index contributed by atoms with van der Waals surface area (Å²) in [7, 11) is 1.63. The molecule has 0 radical (unpaired) electrons. The Balaban J connectivity index is 1.34. The van der Waals surface area contributed by atoms with E-state index in [0.29, 0.717) is 31.9 Å². The summed E-state index contributed by atoms with van der Waals surface area (Å²) in [4.78, 5) is 26.7. The van der Waals surface area contributed by atoms with E-state index < -0.39 is 0 Å². The third-order valence-electron chi connectivity index (χ3n) is 5.60. The summed E-state index contributed by atoms with van der Waals surface area (Å²) in [5.41, 5.74) is 1.01. The minimum Gasteiger partial charge on any atom is -0.497 e. The van der Waals surface area contributed by atoms with Crippen molar-refractivity contribution in [3.63, 3.8) is 0 Å². The van der Waals surface area contributed by atoms with Gasteiger partial charge in [0.1, 0.15) is 11.5 Å². The summed E-state index contributed by atoms with van der Waals surface area (Å²) in [6.07, 6.45) is 3.71. The van der Waals surface area contributed by atoms with Crippen LogP contribution in [-0.4, -0.2) is 43.5 Å². The van der Waals surface area contributed by atoms with Crippen molar-refractivity contribution in [2.45, 2.75) is 38.6 Å². The van der Waals surface area contributed by atoms with Gasteiger partial charge in [0, 0.05) is 26.1 Å². The zero-order valence-electron chi connectivity index (χ0n) is 18.2. The fourth-order valence-electron chi connectivity index (χ4n) is 3.86. The maximum Gasteiger partial charge on any atom is 0.226 e. The second-order valence-electron chi connectivity index (χ2n) is 7.93. The van der Waals surface area contributed by atoms with Gasteiger partial charge in [-0.25, -0.2) is 0 Å². The van der Waals surface area contributed by atoms with Crippen LogP contribution in [0.2, 0.25) is 0 Å². The number of likely N-dealkylation sites (tertiary alicyclic amines) is 1. The summed E-state index contributed by atoms with van der Waals surface area (Å²) < 4.78 is 10.9. The lowest BCUT2D eigenvalue weighted by molar-refractivity contribution is -0.133. The van der Waals surface area contributed by atoms with Crippen molar-refractivity contribution in [2.24, 2.45) is 5.92 Å². The van der Waals surface area contributed by atoms with Crippen molar-refractivity contribution in [1.29, 1.82) is 0 Å². The number of hydrogen-bond acceptors (Lipinski definition) is 4. The van der Waals surface area contributed by atoms with Gasteiger partial charge in [0.2, 0.25) is 11.8 Å². The van der Waals surface area contributed by atoms with E-state index in [0.717, 1.165) is 49.4 Å². The topological polar surface area (TPSA) is 67.9 Å². The molecular formula is C25H32N2O4. The van der Waals surface area contributed by atoms with Gasteiger partial charge in [0.05, 0.1) is 20.1 Å². The Bertz CT molecular complexity index is 840. The van der Waals surface area contributed by atoms with Crippen LogP contribution < -0.4 is 14.8 Å². The van der Waals surface area contributed by atoms with Crippen molar-refractivity contribution in [3.05, 3.63) is 60.2 Å². The predicted octanol–water partition coefficient (Wildman–Crippen LogP) is 3.80. The van der Waals surface area contributed by atoms with Gasteiger partial charge in [-0.1, -0.05) is 30.3 Å². The Kier molecular flexibility index (Phi) is 8.76. The van der Waals surface area contributed by atoms with Crippen LogP contribution in [0.25, 0.3) is 0 Å². The second kappa shape index (κ2) is 12.0. The lowest BCUT2D eigenvalue weighted by Crippen LogP contribution is -2.40. The first kappa shape index (κ1) is 22.7. The van der Waals surface area contributed by atoms with E-state index in [4.69, 9.17) is 9.47 Å². The lowest BCUT2D eigenvalue weighted by atomic mass is 9.93. The van der Waals surface area contributed by atoms with E-state index in [9.17, 15) is 9.59 Å². The highest BCUT2D eigenvalue weighted by Crippen LogP contribution is 2.22. The van der Waals surface area contributed by atoms with E-state index in [1.807, 2.05) is 59.5 Å². The molecule has 6 heteroatoms. The number of hydrogen-bond donors (Lipinski definition) is 1. The Morgan fingerprint density at radius 1 is 1.06 bits per heavy atom. The Labute approximate surface area is 184 Å². The normalized spacial score (nSPS) is 15.9. The number of ether oxygens (including phenoxy) is 2. The molecule has 0 saturated carbocycles. The highest BCUT2D eigenvalue weighted by Gasteiger charge is 2.24. The number of benzene rings is 2.